The maximum Gasteiger partial charge on any atom is 0.360 e. The van der Waals surface area contributed by atoms with Crippen LogP contribution >= 0.6 is 0 Å². The molecule has 10 heteroatoms. The minimum atomic E-state index is -1.32. The number of benzene rings is 1. The highest BCUT2D eigenvalue weighted by atomic mass is 28.3. The summed E-state index contributed by atoms with van der Waals surface area (Å²) in [6.07, 6.45) is 7.33. The summed E-state index contributed by atoms with van der Waals surface area (Å²) in [5, 5.41) is 8.98. The summed E-state index contributed by atoms with van der Waals surface area (Å²) < 4.78 is 11.1. The quantitative estimate of drug-likeness (QED) is 0.143. The van der Waals surface area contributed by atoms with Crippen LogP contribution in [0, 0.1) is 0 Å². The Morgan fingerprint density at radius 1 is 1.19 bits per heavy atom. The molecule has 0 saturated carbocycles. The van der Waals surface area contributed by atoms with Gasteiger partial charge in [0.25, 0.3) is 5.91 Å². The molecule has 1 aromatic carbocycles. The Kier molecular flexibility index (Phi) is 9.33. The van der Waals surface area contributed by atoms with Gasteiger partial charge in [-0.25, -0.2) is 9.79 Å². The van der Waals surface area contributed by atoms with E-state index in [0.717, 1.165) is 17.2 Å². The Labute approximate surface area is 219 Å². The first-order chi connectivity index (χ1) is 17.6. The first-order valence-electron chi connectivity index (χ1n) is 12.5. The van der Waals surface area contributed by atoms with Crippen LogP contribution < -0.4 is 0 Å². The molecule has 3 rings (SSSR count). The molecule has 0 radical (unpaired) electrons. The number of aromatic nitrogens is 3. The number of rotatable bonds is 11. The van der Waals surface area contributed by atoms with Crippen molar-refractivity contribution < 1.29 is 19.1 Å². The van der Waals surface area contributed by atoms with Crippen LogP contribution in [0.1, 0.15) is 35.1 Å². The lowest BCUT2D eigenvalue weighted by atomic mass is 9.75. The normalized spacial score (nSPS) is 17.6. The van der Waals surface area contributed by atoms with Crippen LogP contribution in [0.2, 0.25) is 25.7 Å². The number of aliphatic imine (C=N–C) groups is 1. The van der Waals surface area contributed by atoms with Crippen molar-refractivity contribution in [3.8, 4) is 0 Å². The highest BCUT2D eigenvalue weighted by molar-refractivity contribution is 6.76. The predicted molar refractivity (Wildman–Crippen MR) is 147 cm³/mol. The third kappa shape index (κ3) is 7.33. The summed E-state index contributed by atoms with van der Waals surface area (Å²) in [5.74, 6) is -1.08. The molecular formula is C27H37N5O4Si. The molecule has 0 spiro atoms. The number of ether oxygens (including phenoxy) is 2. The van der Waals surface area contributed by atoms with Gasteiger partial charge in [0.2, 0.25) is 0 Å². The molecule has 0 aliphatic heterocycles. The highest BCUT2D eigenvalue weighted by Crippen LogP contribution is 2.38. The standard InChI is InChI=1S/C27H37N5O4Si/c1-7-36-25(33)23-24(30-32(29-23)20-35-17-18-37(4,5)6)27(26(34)28-19-31(2)3)15-13-22(14-16-27)21-11-9-8-10-12-21/h8-15,19H,7,16-18,20H2,1-6H3. The van der Waals surface area contributed by atoms with Gasteiger partial charge >= 0.3 is 5.97 Å². The van der Waals surface area contributed by atoms with Crippen molar-refractivity contribution >= 4 is 31.9 Å². The molecule has 1 atom stereocenters. The molecule has 0 fully saturated rings. The van der Waals surface area contributed by atoms with Gasteiger partial charge < -0.3 is 14.4 Å². The van der Waals surface area contributed by atoms with Gasteiger partial charge in [-0.05, 0) is 30.5 Å². The topological polar surface area (TPSA) is 98.9 Å². The molecule has 1 aliphatic carbocycles. The van der Waals surface area contributed by atoms with E-state index in [1.807, 2.05) is 42.5 Å². The summed E-state index contributed by atoms with van der Waals surface area (Å²) >= 11 is 0. The molecule has 198 valence electrons. The van der Waals surface area contributed by atoms with Gasteiger partial charge in [-0.2, -0.15) is 9.90 Å². The fourth-order valence-corrected chi connectivity index (χ4v) is 4.53. The molecule has 2 aromatic rings. The minimum Gasteiger partial charge on any atom is -0.461 e. The molecule has 1 aromatic heterocycles. The van der Waals surface area contributed by atoms with Crippen molar-refractivity contribution in [3.63, 3.8) is 0 Å². The van der Waals surface area contributed by atoms with Crippen LogP contribution in [0.25, 0.3) is 5.57 Å². The average Bonchev–Trinajstić information content (AvgIpc) is 3.30. The first kappa shape index (κ1) is 28.2. The third-order valence-corrected chi connectivity index (χ3v) is 7.54. The second-order valence-corrected chi connectivity index (χ2v) is 16.0. The van der Waals surface area contributed by atoms with Gasteiger partial charge in [0, 0.05) is 28.8 Å². The Morgan fingerprint density at radius 3 is 2.51 bits per heavy atom. The molecule has 1 heterocycles. The van der Waals surface area contributed by atoms with E-state index in [0.29, 0.717) is 6.61 Å². The summed E-state index contributed by atoms with van der Waals surface area (Å²) in [6, 6.07) is 10.9. The van der Waals surface area contributed by atoms with E-state index in [4.69, 9.17) is 9.47 Å². The molecule has 0 N–H and O–H groups in total. The second kappa shape index (κ2) is 12.2. The Hall–Kier alpha value is -3.37. The zero-order chi connectivity index (χ0) is 27.1. The molecule has 1 amide bonds. The van der Waals surface area contributed by atoms with E-state index in [1.54, 1.807) is 32.0 Å². The van der Waals surface area contributed by atoms with E-state index >= 15 is 0 Å². The SMILES string of the molecule is CCOC(=O)c1nn(COCC[Si](C)(C)C)nc1C1(C(=O)N=CN(C)C)C=CC(c2ccccc2)=CC1. The van der Waals surface area contributed by atoms with Gasteiger partial charge in [0.05, 0.1) is 12.9 Å². The van der Waals surface area contributed by atoms with Crippen LogP contribution in [0.4, 0.5) is 0 Å². The maximum atomic E-state index is 13.6. The molecule has 37 heavy (non-hydrogen) atoms. The number of hydrogen-bond donors (Lipinski definition) is 0. The minimum absolute atomic E-state index is 0.00902. The van der Waals surface area contributed by atoms with Crippen LogP contribution in [0.3, 0.4) is 0 Å². The van der Waals surface area contributed by atoms with Gasteiger partial charge in [-0.3, -0.25) is 4.79 Å². The van der Waals surface area contributed by atoms with Crippen molar-refractivity contribution in [1.82, 2.24) is 19.9 Å². The largest absolute Gasteiger partial charge is 0.461 e. The predicted octanol–water partition coefficient (Wildman–Crippen LogP) is 4.16. The maximum absolute atomic E-state index is 13.6. The fourth-order valence-electron chi connectivity index (χ4n) is 3.77. The lowest BCUT2D eigenvalue weighted by Gasteiger charge is -2.28. The van der Waals surface area contributed by atoms with E-state index in [-0.39, 0.29) is 31.1 Å². The zero-order valence-corrected chi connectivity index (χ0v) is 23.6. The molecule has 1 unspecified atom stereocenters. The monoisotopic (exact) mass is 523 g/mol. The van der Waals surface area contributed by atoms with Gasteiger partial charge in [-0.15, -0.1) is 5.10 Å². The van der Waals surface area contributed by atoms with Crippen LogP contribution in [-0.2, 0) is 26.4 Å². The van der Waals surface area contributed by atoms with Gasteiger partial charge in [-0.1, -0.05) is 68.2 Å². The number of amides is 1. The summed E-state index contributed by atoms with van der Waals surface area (Å²) in [6.45, 7) is 9.35. The second-order valence-electron chi connectivity index (χ2n) is 10.4. The number of carbonyl (C=O) groups is 2. The van der Waals surface area contributed by atoms with Crippen LogP contribution in [-0.4, -0.2) is 73.5 Å². The van der Waals surface area contributed by atoms with Gasteiger partial charge in [0.15, 0.2) is 12.4 Å². The number of esters is 1. The molecule has 1 aliphatic rings. The smallest absolute Gasteiger partial charge is 0.360 e. The van der Waals surface area contributed by atoms with Crippen molar-refractivity contribution in [2.75, 3.05) is 27.3 Å². The van der Waals surface area contributed by atoms with Gasteiger partial charge in [0.1, 0.15) is 11.1 Å². The highest BCUT2D eigenvalue weighted by Gasteiger charge is 2.45. The molecule has 0 bridgehead atoms. The summed E-state index contributed by atoms with van der Waals surface area (Å²) in [4.78, 5) is 33.7. The molecule has 0 saturated heterocycles. The van der Waals surface area contributed by atoms with Crippen molar-refractivity contribution in [2.24, 2.45) is 4.99 Å². The van der Waals surface area contributed by atoms with E-state index in [2.05, 4.69) is 34.8 Å². The van der Waals surface area contributed by atoms with Crippen molar-refractivity contribution in [1.29, 1.82) is 0 Å². The number of allylic oxidation sites excluding steroid dienone is 3. The lowest BCUT2D eigenvalue weighted by molar-refractivity contribution is -0.121. The Morgan fingerprint density at radius 2 is 1.92 bits per heavy atom. The molecule has 9 nitrogen and oxygen atoms in total. The Bertz CT molecular complexity index is 1180. The zero-order valence-electron chi connectivity index (χ0n) is 22.6. The molecular weight excluding hydrogens is 486 g/mol. The van der Waals surface area contributed by atoms with E-state index in [1.165, 1.54) is 11.1 Å². The first-order valence-corrected chi connectivity index (χ1v) is 16.2. The summed E-state index contributed by atoms with van der Waals surface area (Å²) in [7, 11) is 2.30. The third-order valence-electron chi connectivity index (χ3n) is 5.84. The van der Waals surface area contributed by atoms with E-state index in [9.17, 15) is 9.59 Å². The van der Waals surface area contributed by atoms with Crippen molar-refractivity contribution in [3.05, 3.63) is 65.5 Å². The number of nitrogens with zero attached hydrogens (tertiary/aromatic N) is 5. The lowest BCUT2D eigenvalue weighted by Crippen LogP contribution is -2.36. The number of carbonyl (C=O) groups excluding carboxylic acids is 2. The summed E-state index contributed by atoms with van der Waals surface area (Å²) in [5.41, 5.74) is 0.885. The van der Waals surface area contributed by atoms with Crippen molar-refractivity contribution in [2.45, 2.75) is 51.2 Å². The average molecular weight is 524 g/mol. The van der Waals surface area contributed by atoms with Crippen LogP contribution in [0.5, 0.6) is 0 Å². The Balaban J connectivity index is 2.01. The fraction of sp³-hybridized carbons (Fsp3) is 0.444. The number of hydrogen-bond acceptors (Lipinski definition) is 6. The van der Waals surface area contributed by atoms with E-state index < -0.39 is 25.4 Å². The van der Waals surface area contributed by atoms with Crippen LogP contribution in [0.15, 0.2) is 53.6 Å².